The minimum atomic E-state index is -0.231. The van der Waals surface area contributed by atoms with Crippen molar-refractivity contribution in [1.82, 2.24) is 4.98 Å². The molecule has 1 aromatic heterocycles. The number of anilines is 1. The lowest BCUT2D eigenvalue weighted by atomic mass is 9.78. The monoisotopic (exact) mass is 456 g/mol. The molecule has 0 saturated heterocycles. The molecule has 0 unspecified atom stereocenters. The van der Waals surface area contributed by atoms with E-state index in [1.54, 1.807) is 0 Å². The zero-order valence-electron chi connectivity index (χ0n) is 19.4. The largest absolute Gasteiger partial charge is 0.484 e. The van der Waals surface area contributed by atoms with Crippen LogP contribution in [-0.2, 0) is 10.2 Å². The van der Waals surface area contributed by atoms with Gasteiger partial charge in [-0.05, 0) is 48.7 Å². The van der Waals surface area contributed by atoms with Crippen LogP contribution in [0.15, 0.2) is 78.2 Å². The highest BCUT2D eigenvalue weighted by Crippen LogP contribution is 2.32. The van der Waals surface area contributed by atoms with Gasteiger partial charge >= 0.3 is 0 Å². The summed E-state index contributed by atoms with van der Waals surface area (Å²) in [5.41, 5.74) is 6.62. The van der Waals surface area contributed by atoms with Crippen LogP contribution in [0.5, 0.6) is 5.75 Å². The molecule has 4 nitrogen and oxygen atoms in total. The Hall–Kier alpha value is -3.44. The van der Waals surface area contributed by atoms with Gasteiger partial charge in [-0.2, -0.15) is 0 Å². The minimum absolute atomic E-state index is 0.0696. The Morgan fingerprint density at radius 1 is 0.970 bits per heavy atom. The molecule has 3 aromatic carbocycles. The summed E-state index contributed by atoms with van der Waals surface area (Å²) in [6.45, 7) is 8.45. The Morgan fingerprint density at radius 3 is 2.39 bits per heavy atom. The Balaban J connectivity index is 1.35. The van der Waals surface area contributed by atoms with Gasteiger partial charge in [-0.25, -0.2) is 4.98 Å². The van der Waals surface area contributed by atoms with Gasteiger partial charge in [-0.15, -0.1) is 11.3 Å². The van der Waals surface area contributed by atoms with Gasteiger partial charge in [0.05, 0.1) is 5.69 Å². The fourth-order valence-corrected chi connectivity index (χ4v) is 4.49. The number of thiazole rings is 1. The predicted molar refractivity (Wildman–Crippen MR) is 136 cm³/mol. The van der Waals surface area contributed by atoms with Crippen LogP contribution in [0.4, 0.5) is 5.13 Å². The highest BCUT2D eigenvalue weighted by molar-refractivity contribution is 7.14. The number of benzene rings is 3. The van der Waals surface area contributed by atoms with E-state index in [1.165, 1.54) is 28.0 Å². The molecule has 0 aliphatic heterocycles. The maximum absolute atomic E-state index is 12.4. The molecule has 0 aliphatic carbocycles. The van der Waals surface area contributed by atoms with Gasteiger partial charge in [0.15, 0.2) is 11.7 Å². The van der Waals surface area contributed by atoms with Crippen molar-refractivity contribution in [3.63, 3.8) is 0 Å². The second-order valence-electron chi connectivity index (χ2n) is 8.71. The van der Waals surface area contributed by atoms with Crippen LogP contribution in [-0.4, -0.2) is 17.5 Å². The van der Waals surface area contributed by atoms with Crippen molar-refractivity contribution in [2.45, 2.75) is 33.1 Å². The summed E-state index contributed by atoms with van der Waals surface area (Å²) in [7, 11) is 0. The summed E-state index contributed by atoms with van der Waals surface area (Å²) in [6, 6.07) is 24.6. The zero-order valence-corrected chi connectivity index (χ0v) is 20.2. The molecule has 0 bridgehead atoms. The van der Waals surface area contributed by atoms with Gasteiger partial charge in [0.1, 0.15) is 5.75 Å². The number of carbonyl (C=O) groups excluding carboxylic acids is 1. The van der Waals surface area contributed by atoms with Crippen molar-refractivity contribution in [3.05, 3.63) is 100 Å². The number of rotatable bonds is 7. The summed E-state index contributed by atoms with van der Waals surface area (Å²) in [5, 5.41) is 5.37. The Bertz CT molecular complexity index is 1240. The average Bonchev–Trinajstić information content (AvgIpc) is 3.28. The van der Waals surface area contributed by atoms with E-state index >= 15 is 0 Å². The third kappa shape index (κ3) is 5.32. The van der Waals surface area contributed by atoms with Crippen molar-refractivity contribution < 1.29 is 9.53 Å². The topological polar surface area (TPSA) is 51.2 Å². The summed E-state index contributed by atoms with van der Waals surface area (Å²) in [4.78, 5) is 17.0. The fraction of sp³-hybridized carbons (Fsp3) is 0.214. The van der Waals surface area contributed by atoms with Crippen LogP contribution in [0.3, 0.4) is 0 Å². The summed E-state index contributed by atoms with van der Waals surface area (Å²) in [6.07, 6.45) is 0. The maximum atomic E-state index is 12.4. The standard InChI is InChI=1S/C28H28N2O2S/c1-19-10-11-20(2)24(16-19)25-18-33-27(29-25)30-26(31)17-32-23-14-12-22(13-15-23)28(3,4)21-8-6-5-7-9-21/h5-16,18H,17H2,1-4H3,(H,29,30,31). The van der Waals surface area contributed by atoms with Crippen molar-refractivity contribution in [3.8, 4) is 17.0 Å². The van der Waals surface area contributed by atoms with E-state index in [2.05, 4.69) is 92.6 Å². The minimum Gasteiger partial charge on any atom is -0.484 e. The zero-order chi connectivity index (χ0) is 23.4. The van der Waals surface area contributed by atoms with Gasteiger partial charge < -0.3 is 4.74 Å². The van der Waals surface area contributed by atoms with Gasteiger partial charge in [-0.1, -0.05) is 74.0 Å². The molecule has 33 heavy (non-hydrogen) atoms. The summed E-state index contributed by atoms with van der Waals surface area (Å²) in [5.74, 6) is 0.429. The molecule has 4 aromatic rings. The van der Waals surface area contributed by atoms with Gasteiger partial charge in [0.2, 0.25) is 0 Å². The molecule has 0 spiro atoms. The van der Waals surface area contributed by atoms with Crippen molar-refractivity contribution in [1.29, 1.82) is 0 Å². The number of nitrogens with one attached hydrogen (secondary N) is 1. The molecule has 0 atom stereocenters. The number of hydrogen-bond acceptors (Lipinski definition) is 4. The van der Waals surface area contributed by atoms with Crippen LogP contribution in [0, 0.1) is 13.8 Å². The number of carbonyl (C=O) groups is 1. The molecule has 168 valence electrons. The van der Waals surface area contributed by atoms with Crippen molar-refractivity contribution in [2.24, 2.45) is 0 Å². The van der Waals surface area contributed by atoms with Gasteiger partial charge in [-0.3, -0.25) is 10.1 Å². The SMILES string of the molecule is Cc1ccc(C)c(-c2csc(NC(=O)COc3ccc(C(C)(C)c4ccccc4)cc3)n2)c1. The number of amides is 1. The average molecular weight is 457 g/mol. The highest BCUT2D eigenvalue weighted by atomic mass is 32.1. The van der Waals surface area contributed by atoms with E-state index in [0.717, 1.165) is 16.8 Å². The third-order valence-electron chi connectivity index (χ3n) is 5.86. The quantitative estimate of drug-likeness (QED) is 0.334. The fourth-order valence-electron chi connectivity index (χ4n) is 3.76. The third-order valence-corrected chi connectivity index (χ3v) is 6.62. The van der Waals surface area contributed by atoms with E-state index in [4.69, 9.17) is 4.74 Å². The number of aromatic nitrogens is 1. The van der Waals surface area contributed by atoms with Crippen LogP contribution < -0.4 is 10.1 Å². The molecule has 1 N–H and O–H groups in total. The highest BCUT2D eigenvalue weighted by Gasteiger charge is 2.22. The molecule has 5 heteroatoms. The van der Waals surface area contributed by atoms with E-state index in [9.17, 15) is 4.79 Å². The summed E-state index contributed by atoms with van der Waals surface area (Å²) >= 11 is 1.41. The van der Waals surface area contributed by atoms with Gasteiger partial charge in [0.25, 0.3) is 5.91 Å². The summed E-state index contributed by atoms with van der Waals surface area (Å²) < 4.78 is 5.70. The Morgan fingerprint density at radius 2 is 1.67 bits per heavy atom. The molecular weight excluding hydrogens is 428 g/mol. The maximum Gasteiger partial charge on any atom is 0.264 e. The molecule has 1 heterocycles. The molecule has 1 amide bonds. The van der Waals surface area contributed by atoms with Crippen LogP contribution >= 0.6 is 11.3 Å². The number of nitrogens with zero attached hydrogens (tertiary/aromatic N) is 1. The molecule has 0 saturated carbocycles. The van der Waals surface area contributed by atoms with Crippen LogP contribution in [0.1, 0.15) is 36.1 Å². The lowest BCUT2D eigenvalue weighted by Crippen LogP contribution is -2.20. The van der Waals surface area contributed by atoms with Crippen LogP contribution in [0.2, 0.25) is 0 Å². The predicted octanol–water partition coefficient (Wildman–Crippen LogP) is 6.77. The van der Waals surface area contributed by atoms with Crippen LogP contribution in [0.25, 0.3) is 11.3 Å². The van der Waals surface area contributed by atoms with E-state index in [1.807, 2.05) is 23.6 Å². The van der Waals surface area contributed by atoms with Gasteiger partial charge in [0, 0.05) is 16.4 Å². The second kappa shape index (κ2) is 9.59. The lowest BCUT2D eigenvalue weighted by Gasteiger charge is -2.26. The molecule has 4 rings (SSSR count). The molecule has 0 radical (unpaired) electrons. The smallest absolute Gasteiger partial charge is 0.264 e. The first-order valence-corrected chi connectivity index (χ1v) is 11.8. The normalized spacial score (nSPS) is 11.3. The lowest BCUT2D eigenvalue weighted by molar-refractivity contribution is -0.118. The molecule has 0 fully saturated rings. The number of aryl methyl sites for hydroxylation is 2. The number of hydrogen-bond donors (Lipinski definition) is 1. The van der Waals surface area contributed by atoms with E-state index in [-0.39, 0.29) is 17.9 Å². The molecule has 0 aliphatic rings. The first kappa shape index (κ1) is 22.7. The second-order valence-corrected chi connectivity index (χ2v) is 9.57. The van der Waals surface area contributed by atoms with E-state index in [0.29, 0.717) is 10.9 Å². The Kier molecular flexibility index (Phi) is 6.61. The van der Waals surface area contributed by atoms with Crippen molar-refractivity contribution in [2.75, 3.05) is 11.9 Å². The van der Waals surface area contributed by atoms with E-state index < -0.39 is 0 Å². The Labute approximate surface area is 199 Å². The first-order valence-electron chi connectivity index (χ1n) is 10.9. The molecular formula is C28H28N2O2S. The first-order chi connectivity index (χ1) is 15.8. The number of ether oxygens (including phenoxy) is 1. The van der Waals surface area contributed by atoms with Crippen molar-refractivity contribution >= 4 is 22.4 Å².